The van der Waals surface area contributed by atoms with E-state index in [-0.39, 0.29) is 43.1 Å². The third kappa shape index (κ3) is 8.41. The first kappa shape index (κ1) is 33.2. The molecule has 1 aliphatic carbocycles. The maximum atomic E-state index is 14.0. The van der Waals surface area contributed by atoms with Crippen molar-refractivity contribution in [2.45, 2.75) is 51.7 Å². The number of amides is 3. The first-order chi connectivity index (χ1) is 23.9. The van der Waals surface area contributed by atoms with Gasteiger partial charge >= 0.3 is 0 Å². The van der Waals surface area contributed by atoms with Gasteiger partial charge in [0, 0.05) is 32.0 Å². The molecule has 3 amide bonds. The quantitative estimate of drug-likeness (QED) is 0.128. The fourth-order valence-corrected chi connectivity index (χ4v) is 6.23. The smallest absolute Gasteiger partial charge is 0.227 e. The summed E-state index contributed by atoms with van der Waals surface area (Å²) in [6.45, 7) is 2.13. The van der Waals surface area contributed by atoms with Gasteiger partial charge in [0.25, 0.3) is 0 Å². The van der Waals surface area contributed by atoms with Gasteiger partial charge in [-0.1, -0.05) is 84.9 Å². The molecule has 6 rings (SSSR count). The number of nitrogens with zero attached hydrogens (tertiary/aromatic N) is 1. The van der Waals surface area contributed by atoms with Crippen molar-refractivity contribution in [2.24, 2.45) is 5.73 Å². The van der Waals surface area contributed by atoms with Crippen molar-refractivity contribution < 1.29 is 19.1 Å². The molecule has 5 aromatic carbocycles. The third-order valence-corrected chi connectivity index (χ3v) is 8.66. The van der Waals surface area contributed by atoms with Gasteiger partial charge in [-0.2, -0.15) is 0 Å². The van der Waals surface area contributed by atoms with Crippen LogP contribution in [0.15, 0.2) is 121 Å². The summed E-state index contributed by atoms with van der Waals surface area (Å²) in [5.41, 5.74) is 13.4. The molecule has 1 unspecified atom stereocenters. The van der Waals surface area contributed by atoms with E-state index in [1.54, 1.807) is 4.90 Å². The molecule has 0 saturated carbocycles. The number of hydrogen-bond donors (Lipinski definition) is 3. The van der Waals surface area contributed by atoms with E-state index in [9.17, 15) is 14.4 Å². The van der Waals surface area contributed by atoms with Gasteiger partial charge in [0.15, 0.2) is 5.75 Å². The van der Waals surface area contributed by atoms with Crippen LogP contribution in [0.4, 0.5) is 11.4 Å². The Kier molecular flexibility index (Phi) is 10.5. The van der Waals surface area contributed by atoms with E-state index in [1.807, 2.05) is 109 Å². The highest BCUT2D eigenvalue weighted by Crippen LogP contribution is 2.35. The largest absolute Gasteiger partial charge is 0.455 e. The van der Waals surface area contributed by atoms with Crippen LogP contribution in [0.3, 0.4) is 0 Å². The first-order valence-electron chi connectivity index (χ1n) is 16.6. The SMILES string of the molecule is CC(=O)Nc1cccc(-c2ccc(CN(C(=O)CCC(=O)NC3CCc4ccccc43)c3ccccc3Oc3cccc(CN)c3)cc2)c1. The van der Waals surface area contributed by atoms with Crippen molar-refractivity contribution in [1.82, 2.24) is 5.32 Å². The van der Waals surface area contributed by atoms with E-state index < -0.39 is 0 Å². The van der Waals surface area contributed by atoms with Gasteiger partial charge in [0.05, 0.1) is 18.3 Å². The zero-order chi connectivity index (χ0) is 34.2. The van der Waals surface area contributed by atoms with Crippen LogP contribution in [0.5, 0.6) is 11.5 Å². The van der Waals surface area contributed by atoms with Gasteiger partial charge in [-0.15, -0.1) is 0 Å². The van der Waals surface area contributed by atoms with Crippen molar-refractivity contribution in [1.29, 1.82) is 0 Å². The summed E-state index contributed by atoms with van der Waals surface area (Å²) in [6.07, 6.45) is 1.89. The molecule has 8 nitrogen and oxygen atoms in total. The summed E-state index contributed by atoms with van der Waals surface area (Å²) in [5, 5.41) is 5.97. The van der Waals surface area contributed by atoms with E-state index >= 15 is 0 Å². The molecular weight excluding hydrogens is 612 g/mol. The molecule has 1 atom stereocenters. The predicted molar refractivity (Wildman–Crippen MR) is 193 cm³/mol. The van der Waals surface area contributed by atoms with Crippen LogP contribution in [0.2, 0.25) is 0 Å². The Morgan fingerprint density at radius 1 is 0.796 bits per heavy atom. The molecule has 0 spiro atoms. The molecule has 4 N–H and O–H groups in total. The number of fused-ring (bicyclic) bond motifs is 1. The van der Waals surface area contributed by atoms with Crippen molar-refractivity contribution in [2.75, 3.05) is 10.2 Å². The van der Waals surface area contributed by atoms with Crippen molar-refractivity contribution in [3.05, 3.63) is 144 Å². The number of ether oxygens (including phenoxy) is 1. The molecule has 0 bridgehead atoms. The number of anilines is 2. The van der Waals surface area contributed by atoms with Crippen LogP contribution in [0, 0.1) is 0 Å². The summed E-state index contributed by atoms with van der Waals surface area (Å²) in [6, 6.07) is 38.7. The second-order valence-corrected chi connectivity index (χ2v) is 12.2. The topological polar surface area (TPSA) is 114 Å². The highest BCUT2D eigenvalue weighted by atomic mass is 16.5. The zero-order valence-corrected chi connectivity index (χ0v) is 27.5. The lowest BCUT2D eigenvalue weighted by atomic mass is 10.0. The summed E-state index contributed by atoms with van der Waals surface area (Å²) in [4.78, 5) is 40.4. The standard InChI is InChI=1S/C41H40N4O4/c1-28(46)43-34-11-7-10-33(25-34)31-18-16-29(17-19-31)27-45(38-14-4-5-15-39(38)49-35-12-6-8-30(24-35)26-42)41(48)23-22-40(47)44-37-21-20-32-9-2-3-13-36(32)37/h2-19,24-25,37H,20-23,26-27,42H2,1H3,(H,43,46)(H,44,47). The summed E-state index contributed by atoms with van der Waals surface area (Å²) in [7, 11) is 0. The molecule has 8 heteroatoms. The van der Waals surface area contributed by atoms with Crippen LogP contribution >= 0.6 is 0 Å². The van der Waals surface area contributed by atoms with E-state index in [4.69, 9.17) is 10.5 Å². The second kappa shape index (κ2) is 15.4. The fourth-order valence-electron chi connectivity index (χ4n) is 6.23. The Bertz CT molecular complexity index is 1960. The predicted octanol–water partition coefficient (Wildman–Crippen LogP) is 7.68. The van der Waals surface area contributed by atoms with Gasteiger partial charge in [-0.3, -0.25) is 14.4 Å². The van der Waals surface area contributed by atoms with Crippen LogP contribution in [0.25, 0.3) is 11.1 Å². The second-order valence-electron chi connectivity index (χ2n) is 12.2. The minimum absolute atomic E-state index is 0.0330. The molecule has 0 saturated heterocycles. The number of benzene rings is 5. The van der Waals surface area contributed by atoms with Gasteiger partial charge in [0.2, 0.25) is 17.7 Å². The molecule has 0 aliphatic heterocycles. The number of aryl methyl sites for hydroxylation is 1. The van der Waals surface area contributed by atoms with Crippen molar-refractivity contribution >= 4 is 29.1 Å². The fraction of sp³-hybridized carbons (Fsp3) is 0.195. The number of hydrogen-bond acceptors (Lipinski definition) is 5. The Balaban J connectivity index is 1.22. The number of nitrogens with two attached hydrogens (primary N) is 1. The van der Waals surface area contributed by atoms with Crippen molar-refractivity contribution in [3.63, 3.8) is 0 Å². The molecule has 5 aromatic rings. The lowest BCUT2D eigenvalue weighted by Crippen LogP contribution is -2.33. The van der Waals surface area contributed by atoms with Crippen LogP contribution < -0.4 is 26.0 Å². The Morgan fingerprint density at radius 3 is 2.39 bits per heavy atom. The normalized spacial score (nSPS) is 13.3. The van der Waals surface area contributed by atoms with Crippen molar-refractivity contribution in [3.8, 4) is 22.6 Å². The maximum Gasteiger partial charge on any atom is 0.227 e. The Labute approximate surface area is 286 Å². The van der Waals surface area contributed by atoms with Crippen LogP contribution in [0.1, 0.15) is 54.5 Å². The van der Waals surface area contributed by atoms with Gasteiger partial charge in [-0.25, -0.2) is 0 Å². The van der Waals surface area contributed by atoms with Gasteiger partial charge in [-0.05, 0) is 82.6 Å². The molecule has 49 heavy (non-hydrogen) atoms. The summed E-state index contributed by atoms with van der Waals surface area (Å²) < 4.78 is 6.33. The van der Waals surface area contributed by atoms with Gasteiger partial charge < -0.3 is 26.0 Å². The number of para-hydroxylation sites is 2. The number of carbonyl (C=O) groups is 3. The average molecular weight is 653 g/mol. The molecular formula is C41H40N4O4. The number of rotatable bonds is 12. The molecule has 1 aliphatic rings. The lowest BCUT2D eigenvalue weighted by molar-refractivity contribution is -0.125. The zero-order valence-electron chi connectivity index (χ0n) is 27.5. The highest BCUT2D eigenvalue weighted by Gasteiger charge is 2.25. The number of carbonyl (C=O) groups excluding carboxylic acids is 3. The van der Waals surface area contributed by atoms with Gasteiger partial charge in [0.1, 0.15) is 5.75 Å². The third-order valence-electron chi connectivity index (χ3n) is 8.66. The summed E-state index contributed by atoms with van der Waals surface area (Å²) in [5.74, 6) is 0.660. The summed E-state index contributed by atoms with van der Waals surface area (Å²) >= 11 is 0. The van der Waals surface area contributed by atoms with E-state index in [0.29, 0.717) is 23.7 Å². The lowest BCUT2D eigenvalue weighted by Gasteiger charge is -2.26. The van der Waals surface area contributed by atoms with Crippen LogP contribution in [-0.2, 0) is 33.9 Å². The Hall–Kier alpha value is -5.73. The minimum Gasteiger partial charge on any atom is -0.455 e. The first-order valence-corrected chi connectivity index (χ1v) is 16.6. The molecule has 0 fully saturated rings. The van der Waals surface area contributed by atoms with E-state index in [2.05, 4.69) is 22.8 Å². The molecule has 0 aromatic heterocycles. The molecule has 0 heterocycles. The highest BCUT2D eigenvalue weighted by molar-refractivity contribution is 5.97. The van der Waals surface area contributed by atoms with Crippen LogP contribution in [-0.4, -0.2) is 17.7 Å². The molecule has 248 valence electrons. The average Bonchev–Trinajstić information content (AvgIpc) is 3.52. The molecule has 0 radical (unpaired) electrons. The van der Waals surface area contributed by atoms with E-state index in [0.717, 1.165) is 46.3 Å². The maximum absolute atomic E-state index is 14.0. The number of nitrogens with one attached hydrogen (secondary N) is 2. The monoisotopic (exact) mass is 652 g/mol. The Morgan fingerprint density at radius 2 is 1.57 bits per heavy atom. The van der Waals surface area contributed by atoms with E-state index in [1.165, 1.54) is 12.5 Å². The minimum atomic E-state index is -0.194.